The minimum atomic E-state index is -3.70. The molecule has 0 aliphatic carbocycles. The van der Waals surface area contributed by atoms with Gasteiger partial charge in [0.2, 0.25) is 0 Å². The molecule has 1 amide bonds. The number of amides is 1. The molecule has 0 saturated carbocycles. The maximum atomic E-state index is 13.1. The first-order valence-corrected chi connectivity index (χ1v) is 11.4. The highest BCUT2D eigenvalue weighted by atomic mass is 32.2. The van der Waals surface area contributed by atoms with Crippen LogP contribution < -0.4 is 9.62 Å². The van der Waals surface area contributed by atoms with Gasteiger partial charge in [-0.3, -0.25) is 9.52 Å². The molecule has 1 N–H and O–H groups in total. The van der Waals surface area contributed by atoms with Crippen LogP contribution in [0.4, 0.5) is 11.4 Å². The molecule has 4 rings (SSSR count). The molecular formula is C24H24N2O3S. The van der Waals surface area contributed by atoms with Gasteiger partial charge in [0.25, 0.3) is 15.9 Å². The maximum absolute atomic E-state index is 13.1. The van der Waals surface area contributed by atoms with E-state index in [0.717, 1.165) is 28.8 Å². The first-order chi connectivity index (χ1) is 14.3. The lowest BCUT2D eigenvalue weighted by molar-refractivity contribution is 0.0981. The van der Waals surface area contributed by atoms with Gasteiger partial charge in [0.1, 0.15) is 0 Å². The average molecular weight is 421 g/mol. The summed E-state index contributed by atoms with van der Waals surface area (Å²) in [5, 5.41) is 0. The highest BCUT2D eigenvalue weighted by Gasteiger charge is 2.31. The Hall–Kier alpha value is -3.12. The minimum Gasteiger partial charge on any atom is -0.305 e. The zero-order valence-electron chi connectivity index (χ0n) is 17.2. The second-order valence-electron chi connectivity index (χ2n) is 7.79. The molecule has 0 radical (unpaired) electrons. The van der Waals surface area contributed by atoms with Crippen molar-refractivity contribution in [2.24, 2.45) is 0 Å². The van der Waals surface area contributed by atoms with Crippen LogP contribution >= 0.6 is 0 Å². The highest BCUT2D eigenvalue weighted by molar-refractivity contribution is 7.92. The Morgan fingerprint density at radius 2 is 1.67 bits per heavy atom. The first kappa shape index (κ1) is 20.2. The summed E-state index contributed by atoms with van der Waals surface area (Å²) in [6.45, 7) is 5.85. The molecule has 3 aromatic rings. The zero-order valence-corrected chi connectivity index (χ0v) is 18.0. The molecule has 0 spiro atoms. The minimum absolute atomic E-state index is 0.0813. The Balaban J connectivity index is 1.54. The van der Waals surface area contributed by atoms with E-state index < -0.39 is 10.0 Å². The number of carbonyl (C=O) groups is 1. The van der Waals surface area contributed by atoms with Crippen molar-refractivity contribution in [1.82, 2.24) is 0 Å². The molecule has 0 saturated heterocycles. The van der Waals surface area contributed by atoms with E-state index in [1.54, 1.807) is 42.5 Å². The van der Waals surface area contributed by atoms with Gasteiger partial charge >= 0.3 is 0 Å². The molecule has 1 unspecified atom stereocenters. The maximum Gasteiger partial charge on any atom is 0.261 e. The molecule has 1 aliphatic rings. The van der Waals surface area contributed by atoms with Crippen LogP contribution in [0, 0.1) is 13.8 Å². The fourth-order valence-corrected chi connectivity index (χ4v) is 4.93. The van der Waals surface area contributed by atoms with E-state index >= 15 is 0 Å². The number of hydrogen-bond acceptors (Lipinski definition) is 3. The number of aryl methyl sites for hydroxylation is 2. The van der Waals surface area contributed by atoms with Crippen LogP contribution in [-0.2, 0) is 16.4 Å². The quantitative estimate of drug-likeness (QED) is 0.666. The number of para-hydroxylation sites is 1. The third-order valence-electron chi connectivity index (χ3n) is 5.60. The Morgan fingerprint density at radius 1 is 0.967 bits per heavy atom. The van der Waals surface area contributed by atoms with E-state index in [-0.39, 0.29) is 16.8 Å². The third-order valence-corrected chi connectivity index (χ3v) is 6.98. The second kappa shape index (κ2) is 7.61. The standard InChI is InChI=1S/C24H24N2O3S/c1-16-8-13-22(14-17(16)2)30(28,29)25-21-11-9-19(10-12-21)24(27)26-18(3)15-20-6-4-5-7-23(20)26/h4-14,18,25H,15H2,1-3H3. The van der Waals surface area contributed by atoms with Crippen LogP contribution in [-0.4, -0.2) is 20.4 Å². The molecule has 1 heterocycles. The van der Waals surface area contributed by atoms with Crippen molar-refractivity contribution in [2.45, 2.75) is 38.1 Å². The summed E-state index contributed by atoms with van der Waals surface area (Å²) >= 11 is 0. The van der Waals surface area contributed by atoms with Gasteiger partial charge in [-0.2, -0.15) is 0 Å². The van der Waals surface area contributed by atoms with Crippen molar-refractivity contribution < 1.29 is 13.2 Å². The monoisotopic (exact) mass is 420 g/mol. The van der Waals surface area contributed by atoms with Crippen LogP contribution in [0.15, 0.2) is 71.6 Å². The predicted molar refractivity (Wildman–Crippen MR) is 120 cm³/mol. The molecule has 0 fully saturated rings. The summed E-state index contributed by atoms with van der Waals surface area (Å²) in [5.74, 6) is -0.0870. The van der Waals surface area contributed by atoms with Gasteiger partial charge in [-0.1, -0.05) is 24.3 Å². The molecule has 154 valence electrons. The number of hydrogen-bond donors (Lipinski definition) is 1. The number of sulfonamides is 1. The van der Waals surface area contributed by atoms with Crippen molar-refractivity contribution in [2.75, 3.05) is 9.62 Å². The number of anilines is 2. The molecule has 3 aromatic carbocycles. The van der Waals surface area contributed by atoms with E-state index in [1.807, 2.05) is 49.9 Å². The van der Waals surface area contributed by atoms with Crippen LogP contribution in [0.1, 0.15) is 34.0 Å². The molecule has 1 aliphatic heterocycles. The lowest BCUT2D eigenvalue weighted by atomic mass is 10.1. The van der Waals surface area contributed by atoms with E-state index in [4.69, 9.17) is 0 Å². The summed E-state index contributed by atoms with van der Waals surface area (Å²) in [6.07, 6.45) is 0.829. The molecule has 0 aromatic heterocycles. The van der Waals surface area contributed by atoms with Crippen LogP contribution in [0.3, 0.4) is 0 Å². The van der Waals surface area contributed by atoms with Crippen molar-refractivity contribution >= 4 is 27.3 Å². The SMILES string of the molecule is Cc1ccc(S(=O)(=O)Nc2ccc(C(=O)N3c4ccccc4CC3C)cc2)cc1C. The van der Waals surface area contributed by atoms with E-state index in [1.165, 1.54) is 0 Å². The smallest absolute Gasteiger partial charge is 0.261 e. The van der Waals surface area contributed by atoms with E-state index in [2.05, 4.69) is 4.72 Å². The number of rotatable bonds is 4. The summed E-state index contributed by atoms with van der Waals surface area (Å²) in [6, 6.07) is 19.6. The number of carbonyl (C=O) groups excluding carboxylic acids is 1. The average Bonchev–Trinajstić information content (AvgIpc) is 3.05. The normalized spacial score (nSPS) is 15.7. The van der Waals surface area contributed by atoms with Crippen molar-refractivity contribution in [3.8, 4) is 0 Å². The van der Waals surface area contributed by atoms with E-state index in [0.29, 0.717) is 11.3 Å². The predicted octanol–water partition coefficient (Wildman–Crippen LogP) is 4.70. The van der Waals surface area contributed by atoms with Crippen molar-refractivity contribution in [3.63, 3.8) is 0 Å². The Kier molecular flexibility index (Phi) is 5.12. The van der Waals surface area contributed by atoms with Gasteiger partial charge in [0.05, 0.1) is 4.90 Å². The van der Waals surface area contributed by atoms with Gasteiger partial charge in [0, 0.05) is 23.0 Å². The van der Waals surface area contributed by atoms with Gasteiger partial charge < -0.3 is 4.90 Å². The Bertz CT molecular complexity index is 1220. The molecule has 0 bridgehead atoms. The van der Waals surface area contributed by atoms with Crippen LogP contribution in [0.5, 0.6) is 0 Å². The summed E-state index contributed by atoms with van der Waals surface area (Å²) in [7, 11) is -3.70. The Labute approximate surface area is 177 Å². The van der Waals surface area contributed by atoms with E-state index in [9.17, 15) is 13.2 Å². The first-order valence-electron chi connectivity index (χ1n) is 9.88. The number of nitrogens with zero attached hydrogens (tertiary/aromatic N) is 1. The lowest BCUT2D eigenvalue weighted by Gasteiger charge is -2.23. The third kappa shape index (κ3) is 3.71. The summed E-state index contributed by atoms with van der Waals surface area (Å²) < 4.78 is 28.0. The molecule has 1 atom stereocenters. The van der Waals surface area contributed by atoms with Crippen LogP contribution in [0.2, 0.25) is 0 Å². The number of nitrogens with one attached hydrogen (secondary N) is 1. The highest BCUT2D eigenvalue weighted by Crippen LogP contribution is 2.33. The molecule has 5 nitrogen and oxygen atoms in total. The molecular weight excluding hydrogens is 396 g/mol. The number of benzene rings is 3. The fourth-order valence-electron chi connectivity index (χ4n) is 3.79. The fraction of sp³-hybridized carbons (Fsp3) is 0.208. The Morgan fingerprint density at radius 3 is 2.37 bits per heavy atom. The van der Waals surface area contributed by atoms with Crippen molar-refractivity contribution in [3.05, 3.63) is 89.0 Å². The summed E-state index contributed by atoms with van der Waals surface area (Å²) in [5.41, 5.74) is 4.99. The number of fused-ring (bicyclic) bond motifs is 1. The van der Waals surface area contributed by atoms with Gasteiger partial charge in [0.15, 0.2) is 0 Å². The topological polar surface area (TPSA) is 66.5 Å². The zero-order chi connectivity index (χ0) is 21.5. The largest absolute Gasteiger partial charge is 0.305 e. The van der Waals surface area contributed by atoms with Gasteiger partial charge in [-0.25, -0.2) is 8.42 Å². The van der Waals surface area contributed by atoms with Crippen molar-refractivity contribution in [1.29, 1.82) is 0 Å². The lowest BCUT2D eigenvalue weighted by Crippen LogP contribution is -2.35. The second-order valence-corrected chi connectivity index (χ2v) is 9.47. The van der Waals surface area contributed by atoms with Gasteiger partial charge in [-0.15, -0.1) is 0 Å². The van der Waals surface area contributed by atoms with Crippen LogP contribution in [0.25, 0.3) is 0 Å². The summed E-state index contributed by atoms with van der Waals surface area (Å²) in [4.78, 5) is 15.1. The van der Waals surface area contributed by atoms with Gasteiger partial charge in [-0.05, 0) is 86.3 Å². The molecule has 6 heteroatoms. The molecule has 30 heavy (non-hydrogen) atoms.